The lowest BCUT2D eigenvalue weighted by Gasteiger charge is -2.32. The zero-order valence-corrected chi connectivity index (χ0v) is 23.4. The summed E-state index contributed by atoms with van der Waals surface area (Å²) in [6.07, 6.45) is 18.8. The van der Waals surface area contributed by atoms with E-state index >= 15 is 0 Å². The van der Waals surface area contributed by atoms with Crippen molar-refractivity contribution in [2.24, 2.45) is 0 Å². The molecule has 3 aliphatic rings. The third-order valence-electron chi connectivity index (χ3n) is 8.88. The molecule has 3 saturated carbocycles. The second kappa shape index (κ2) is 12.3. The van der Waals surface area contributed by atoms with Crippen molar-refractivity contribution in [2.45, 2.75) is 114 Å². The average molecular weight is 547 g/mol. The summed E-state index contributed by atoms with van der Waals surface area (Å²) in [6.45, 7) is 2.02. The highest BCUT2D eigenvalue weighted by Crippen LogP contribution is 2.34. The van der Waals surface area contributed by atoms with Crippen LogP contribution in [0.3, 0.4) is 0 Å². The molecule has 0 atom stereocenters. The van der Waals surface area contributed by atoms with E-state index in [1.807, 2.05) is 19.3 Å². The van der Waals surface area contributed by atoms with Crippen molar-refractivity contribution in [3.63, 3.8) is 0 Å². The Labute approximate surface area is 235 Å². The molecule has 6 rings (SSSR count). The molecule has 3 aliphatic carbocycles. The molecule has 3 aromatic rings. The van der Waals surface area contributed by atoms with E-state index in [1.54, 1.807) is 6.20 Å². The van der Waals surface area contributed by atoms with Crippen LogP contribution in [-0.4, -0.2) is 53.9 Å². The normalized spacial score (nSPS) is 25.4. The fourth-order valence-corrected chi connectivity index (χ4v) is 6.61. The number of carbonyl (C=O) groups excluding carboxylic acids is 1. The van der Waals surface area contributed by atoms with E-state index in [2.05, 4.69) is 63.2 Å². The summed E-state index contributed by atoms with van der Waals surface area (Å²) in [6, 6.07) is 5.15. The molecule has 0 spiro atoms. The minimum atomic E-state index is -0.0325. The first-order valence-electron chi connectivity index (χ1n) is 15.1. The molecular weight excluding hydrogens is 504 g/mol. The van der Waals surface area contributed by atoms with Gasteiger partial charge in [-0.2, -0.15) is 10.1 Å². The number of nitrogens with one attached hydrogen (secondary N) is 5. The summed E-state index contributed by atoms with van der Waals surface area (Å²) in [7, 11) is 0. The van der Waals surface area contributed by atoms with E-state index in [-0.39, 0.29) is 24.2 Å². The van der Waals surface area contributed by atoms with E-state index in [0.29, 0.717) is 17.9 Å². The number of hydrogen-bond acceptors (Lipinski definition) is 7. The third-order valence-corrected chi connectivity index (χ3v) is 8.88. The molecule has 0 radical (unpaired) electrons. The maximum atomic E-state index is 12.7. The first kappa shape index (κ1) is 26.6. The number of H-pyrrole nitrogens is 1. The smallest absolute Gasteiger partial charge is 0.315 e. The molecule has 0 aliphatic heterocycles. The molecule has 2 amide bonds. The van der Waals surface area contributed by atoms with Crippen LogP contribution in [0.4, 0.5) is 22.4 Å². The van der Waals surface area contributed by atoms with Crippen LogP contribution in [-0.2, 0) is 0 Å². The highest BCUT2D eigenvalue weighted by Gasteiger charge is 2.26. The predicted octanol–water partition coefficient (Wildman–Crippen LogP) is 5.31. The highest BCUT2D eigenvalue weighted by molar-refractivity contribution is 5.74. The molecule has 0 saturated heterocycles. The van der Waals surface area contributed by atoms with Gasteiger partial charge in [-0.1, -0.05) is 12.8 Å². The van der Waals surface area contributed by atoms with Crippen LogP contribution < -0.4 is 21.3 Å². The fourth-order valence-electron chi connectivity index (χ4n) is 6.61. The van der Waals surface area contributed by atoms with Gasteiger partial charge in [-0.15, -0.1) is 0 Å². The molecule has 214 valence electrons. The van der Waals surface area contributed by atoms with Crippen molar-refractivity contribution in [2.75, 3.05) is 10.6 Å². The van der Waals surface area contributed by atoms with Crippen LogP contribution >= 0.6 is 0 Å². The minimum absolute atomic E-state index is 0.0325. The van der Waals surface area contributed by atoms with Gasteiger partial charge >= 0.3 is 6.03 Å². The average Bonchev–Trinajstić information content (AvgIpc) is 3.73. The molecule has 0 bridgehead atoms. The van der Waals surface area contributed by atoms with Crippen LogP contribution in [0.1, 0.15) is 100 Å². The summed E-state index contributed by atoms with van der Waals surface area (Å²) in [5.74, 6) is 2.73. The van der Waals surface area contributed by atoms with Crippen LogP contribution in [0, 0.1) is 6.92 Å². The van der Waals surface area contributed by atoms with Gasteiger partial charge in [0.25, 0.3) is 0 Å². The van der Waals surface area contributed by atoms with E-state index < -0.39 is 0 Å². The lowest BCUT2D eigenvalue weighted by Crippen LogP contribution is -2.48. The largest absolute Gasteiger partial charge is 0.351 e. The van der Waals surface area contributed by atoms with E-state index in [0.717, 1.165) is 68.7 Å². The number of aromatic nitrogens is 6. The molecule has 11 nitrogen and oxygen atoms in total. The number of rotatable bonds is 8. The Bertz CT molecular complexity index is 1250. The molecule has 40 heavy (non-hydrogen) atoms. The zero-order valence-electron chi connectivity index (χ0n) is 23.4. The van der Waals surface area contributed by atoms with Gasteiger partial charge < -0.3 is 25.8 Å². The Balaban J connectivity index is 0.909. The van der Waals surface area contributed by atoms with Gasteiger partial charge in [-0.3, -0.25) is 5.10 Å². The monoisotopic (exact) mass is 546 g/mol. The number of hydrogen-bond donors (Lipinski definition) is 5. The maximum absolute atomic E-state index is 12.7. The van der Waals surface area contributed by atoms with Gasteiger partial charge in [-0.05, 0) is 77.2 Å². The molecule has 0 aromatic carbocycles. The molecule has 3 heterocycles. The van der Waals surface area contributed by atoms with Gasteiger partial charge in [0.1, 0.15) is 5.82 Å². The first-order valence-corrected chi connectivity index (χ1v) is 15.1. The standard InChI is InChI=1S/C29H42N10O/c1-19-17-39(18-31-19)24-12-10-23(11-13-24)34-29(40)33-22-8-6-21(7-9-22)32-28-30-15-14-26(36-28)35-27-16-25(37-38-27)20-4-2-3-5-20/h14-18,20-24H,2-13H2,1H3,(H2,33,34,40)(H3,30,32,35,36,37,38)/t21-,22-,23-,24-. The second-order valence-corrected chi connectivity index (χ2v) is 11.9. The second-order valence-electron chi connectivity index (χ2n) is 11.9. The summed E-state index contributed by atoms with van der Waals surface area (Å²) in [5.41, 5.74) is 2.26. The summed E-state index contributed by atoms with van der Waals surface area (Å²) < 4.78 is 2.22. The summed E-state index contributed by atoms with van der Waals surface area (Å²) in [4.78, 5) is 26.1. The summed E-state index contributed by atoms with van der Waals surface area (Å²) in [5, 5.41) is 20.8. The summed E-state index contributed by atoms with van der Waals surface area (Å²) >= 11 is 0. The van der Waals surface area contributed by atoms with Gasteiger partial charge in [0.05, 0.1) is 12.0 Å². The number of aromatic amines is 1. The quantitative estimate of drug-likeness (QED) is 0.258. The highest BCUT2D eigenvalue weighted by atomic mass is 16.2. The Kier molecular flexibility index (Phi) is 8.15. The van der Waals surface area contributed by atoms with Gasteiger partial charge in [-0.25, -0.2) is 14.8 Å². The van der Waals surface area contributed by atoms with Crippen LogP contribution in [0.2, 0.25) is 0 Å². The SMILES string of the molecule is Cc1cn([C@H]2CC[C@H](NC(=O)N[C@H]3CC[C@H](Nc4nccc(Nc5cc(C6CCCC6)[nH]n5)n4)CC3)CC2)cn1. The predicted molar refractivity (Wildman–Crippen MR) is 155 cm³/mol. The molecule has 0 unspecified atom stereocenters. The van der Waals surface area contributed by atoms with E-state index in [9.17, 15) is 4.79 Å². The van der Waals surface area contributed by atoms with E-state index in [4.69, 9.17) is 0 Å². The fraction of sp³-hybridized carbons (Fsp3) is 0.621. The van der Waals surface area contributed by atoms with Crippen molar-refractivity contribution in [3.05, 3.63) is 42.2 Å². The Morgan fingerprint density at radius 2 is 1.60 bits per heavy atom. The first-order chi connectivity index (χ1) is 19.6. The molecule has 3 fully saturated rings. The number of urea groups is 1. The Morgan fingerprint density at radius 3 is 2.30 bits per heavy atom. The molecular formula is C29H42N10O. The number of carbonyl (C=O) groups is 1. The number of imidazole rings is 1. The minimum Gasteiger partial charge on any atom is -0.351 e. The lowest BCUT2D eigenvalue weighted by atomic mass is 9.90. The van der Waals surface area contributed by atoms with Crippen molar-refractivity contribution >= 4 is 23.6 Å². The zero-order chi connectivity index (χ0) is 27.3. The van der Waals surface area contributed by atoms with Crippen LogP contribution in [0.5, 0.6) is 0 Å². The molecule has 11 heteroatoms. The topological polar surface area (TPSA) is 137 Å². The number of amides is 2. The number of anilines is 3. The van der Waals surface area contributed by atoms with Crippen LogP contribution in [0.25, 0.3) is 0 Å². The Hall–Kier alpha value is -3.63. The van der Waals surface area contributed by atoms with Gasteiger partial charge in [0.15, 0.2) is 5.82 Å². The number of aryl methyl sites for hydroxylation is 1. The van der Waals surface area contributed by atoms with Crippen molar-refractivity contribution in [1.29, 1.82) is 0 Å². The third kappa shape index (κ3) is 6.74. The molecule has 3 aromatic heterocycles. The van der Waals surface area contributed by atoms with Crippen molar-refractivity contribution < 1.29 is 4.79 Å². The van der Waals surface area contributed by atoms with Crippen molar-refractivity contribution in [3.8, 4) is 0 Å². The maximum Gasteiger partial charge on any atom is 0.315 e. The van der Waals surface area contributed by atoms with E-state index in [1.165, 1.54) is 31.4 Å². The van der Waals surface area contributed by atoms with Gasteiger partial charge in [0, 0.05) is 54.2 Å². The number of nitrogens with zero attached hydrogens (tertiary/aromatic N) is 5. The molecule has 5 N–H and O–H groups in total. The van der Waals surface area contributed by atoms with Crippen molar-refractivity contribution in [1.82, 2.24) is 40.3 Å². The van der Waals surface area contributed by atoms with Gasteiger partial charge in [0.2, 0.25) is 5.95 Å². The lowest BCUT2D eigenvalue weighted by molar-refractivity contribution is 0.219. The Morgan fingerprint density at radius 1 is 0.900 bits per heavy atom. The van der Waals surface area contributed by atoms with Crippen LogP contribution in [0.15, 0.2) is 30.9 Å².